The molecule has 2 aromatic carbocycles. The quantitative estimate of drug-likeness (QED) is 0.721. The zero-order chi connectivity index (χ0) is 17.5. The van der Waals surface area contributed by atoms with Crippen molar-refractivity contribution in [3.05, 3.63) is 58.7 Å². The highest BCUT2D eigenvalue weighted by atomic mass is 16.5. The van der Waals surface area contributed by atoms with E-state index in [1.807, 2.05) is 44.2 Å². The van der Waals surface area contributed by atoms with Crippen LogP contribution in [0.15, 0.2) is 36.4 Å². The van der Waals surface area contributed by atoms with Crippen molar-refractivity contribution in [3.63, 3.8) is 0 Å². The van der Waals surface area contributed by atoms with Crippen LogP contribution in [-0.2, 0) is 22.6 Å². The Morgan fingerprint density at radius 2 is 1.71 bits per heavy atom. The number of rotatable bonds is 7. The molecule has 0 aliphatic heterocycles. The number of para-hydroxylation sites is 1. The van der Waals surface area contributed by atoms with Crippen molar-refractivity contribution in [1.82, 2.24) is 0 Å². The van der Waals surface area contributed by atoms with Crippen LogP contribution in [-0.4, -0.2) is 20.2 Å². The van der Waals surface area contributed by atoms with Crippen molar-refractivity contribution in [2.45, 2.75) is 33.3 Å². The van der Waals surface area contributed by atoms with Crippen molar-refractivity contribution < 1.29 is 19.0 Å². The van der Waals surface area contributed by atoms with Crippen LogP contribution in [0.2, 0.25) is 0 Å². The van der Waals surface area contributed by atoms with E-state index in [0.29, 0.717) is 30.9 Å². The summed E-state index contributed by atoms with van der Waals surface area (Å²) >= 11 is 0. The second kappa shape index (κ2) is 8.39. The van der Waals surface area contributed by atoms with Gasteiger partial charge in [-0.15, -0.1) is 0 Å². The molecule has 24 heavy (non-hydrogen) atoms. The predicted molar refractivity (Wildman–Crippen MR) is 93.6 cm³/mol. The van der Waals surface area contributed by atoms with Gasteiger partial charge < -0.3 is 14.2 Å². The molecule has 0 fully saturated rings. The zero-order valence-corrected chi connectivity index (χ0v) is 14.7. The third-order valence-electron chi connectivity index (χ3n) is 3.76. The molecule has 128 valence electrons. The van der Waals surface area contributed by atoms with Crippen molar-refractivity contribution in [1.29, 1.82) is 0 Å². The highest BCUT2D eigenvalue weighted by Gasteiger charge is 2.12. The zero-order valence-electron chi connectivity index (χ0n) is 14.7. The molecule has 0 aromatic heterocycles. The normalized spacial score (nSPS) is 10.3. The molecule has 0 saturated heterocycles. The van der Waals surface area contributed by atoms with Gasteiger partial charge >= 0.3 is 5.97 Å². The van der Waals surface area contributed by atoms with Crippen LogP contribution in [0.1, 0.15) is 28.7 Å². The van der Waals surface area contributed by atoms with Crippen LogP contribution in [0.3, 0.4) is 0 Å². The maximum atomic E-state index is 12.0. The summed E-state index contributed by atoms with van der Waals surface area (Å²) in [6, 6.07) is 11.8. The van der Waals surface area contributed by atoms with Crippen LogP contribution in [0.4, 0.5) is 0 Å². The number of hydrogen-bond donors (Lipinski definition) is 0. The summed E-state index contributed by atoms with van der Waals surface area (Å²) in [6.07, 6.45) is 0.848. The van der Waals surface area contributed by atoms with Gasteiger partial charge in [-0.1, -0.05) is 41.5 Å². The summed E-state index contributed by atoms with van der Waals surface area (Å²) in [5.41, 5.74) is 4.28. The van der Waals surface area contributed by atoms with Crippen LogP contribution in [0.5, 0.6) is 11.5 Å². The molecule has 0 radical (unpaired) electrons. The second-order valence-corrected chi connectivity index (χ2v) is 5.81. The number of carbonyl (C=O) groups excluding carboxylic acids is 1. The van der Waals surface area contributed by atoms with Gasteiger partial charge in [-0.3, -0.25) is 4.79 Å². The van der Waals surface area contributed by atoms with Crippen molar-refractivity contribution >= 4 is 5.97 Å². The molecular weight excluding hydrogens is 304 g/mol. The minimum Gasteiger partial charge on any atom is -0.493 e. The van der Waals surface area contributed by atoms with Gasteiger partial charge in [0.15, 0.2) is 11.5 Å². The minimum atomic E-state index is -0.223. The Kier molecular flexibility index (Phi) is 6.24. The van der Waals surface area contributed by atoms with E-state index in [0.717, 1.165) is 11.1 Å². The van der Waals surface area contributed by atoms with Gasteiger partial charge in [0.2, 0.25) is 0 Å². The van der Waals surface area contributed by atoms with Gasteiger partial charge in [-0.2, -0.15) is 0 Å². The number of aryl methyl sites for hydroxylation is 3. The molecule has 0 atom stereocenters. The lowest BCUT2D eigenvalue weighted by molar-refractivity contribution is -0.144. The second-order valence-electron chi connectivity index (χ2n) is 5.81. The number of benzene rings is 2. The third kappa shape index (κ3) is 4.75. The molecule has 0 unspecified atom stereocenters. The van der Waals surface area contributed by atoms with Crippen molar-refractivity contribution in [2.24, 2.45) is 0 Å². The molecule has 0 amide bonds. The lowest BCUT2D eigenvalue weighted by atomic mass is 10.1. The monoisotopic (exact) mass is 328 g/mol. The van der Waals surface area contributed by atoms with Crippen LogP contribution in [0.25, 0.3) is 0 Å². The Morgan fingerprint density at radius 3 is 2.33 bits per heavy atom. The molecule has 0 spiro atoms. The maximum Gasteiger partial charge on any atom is 0.306 e. The van der Waals surface area contributed by atoms with Crippen LogP contribution < -0.4 is 9.47 Å². The summed E-state index contributed by atoms with van der Waals surface area (Å²) in [5.74, 6) is 1.11. The van der Waals surface area contributed by atoms with Gasteiger partial charge in [0.05, 0.1) is 14.2 Å². The standard InChI is InChI=1S/C20H24O4/c1-14-10-15(2)12-16(11-14)13-24-19(21)9-8-17-6-5-7-18(22-3)20(17)23-4/h5-7,10-12H,8-9,13H2,1-4H3. The predicted octanol–water partition coefficient (Wildman–Crippen LogP) is 4.00. The minimum absolute atomic E-state index is 0.223. The average molecular weight is 328 g/mol. The Hall–Kier alpha value is -2.49. The SMILES string of the molecule is COc1cccc(CCC(=O)OCc2cc(C)cc(C)c2)c1OC. The smallest absolute Gasteiger partial charge is 0.306 e. The lowest BCUT2D eigenvalue weighted by Crippen LogP contribution is -2.07. The van der Waals surface area contributed by atoms with Gasteiger partial charge in [0.1, 0.15) is 6.61 Å². The van der Waals surface area contributed by atoms with Gasteiger partial charge in [-0.25, -0.2) is 0 Å². The van der Waals surface area contributed by atoms with E-state index in [4.69, 9.17) is 14.2 Å². The Bertz CT molecular complexity index is 687. The van der Waals surface area contributed by atoms with Gasteiger partial charge in [-0.05, 0) is 37.5 Å². The van der Waals surface area contributed by atoms with E-state index in [1.165, 1.54) is 11.1 Å². The average Bonchev–Trinajstić information content (AvgIpc) is 2.56. The molecule has 2 aromatic rings. The summed E-state index contributed by atoms with van der Waals surface area (Å²) in [7, 11) is 3.19. The van der Waals surface area contributed by atoms with Crippen molar-refractivity contribution in [3.8, 4) is 11.5 Å². The van der Waals surface area contributed by atoms with E-state index in [2.05, 4.69) is 6.07 Å². The molecular formula is C20H24O4. The van der Waals surface area contributed by atoms with Gasteiger partial charge in [0, 0.05) is 6.42 Å². The highest BCUT2D eigenvalue weighted by Crippen LogP contribution is 2.31. The molecule has 0 bridgehead atoms. The first-order chi connectivity index (χ1) is 11.5. The largest absolute Gasteiger partial charge is 0.493 e. The molecule has 0 aliphatic carbocycles. The molecule has 0 heterocycles. The summed E-state index contributed by atoms with van der Waals surface area (Å²) < 4.78 is 16.0. The maximum absolute atomic E-state index is 12.0. The van der Waals surface area contributed by atoms with Crippen molar-refractivity contribution in [2.75, 3.05) is 14.2 Å². The molecule has 0 aliphatic rings. The van der Waals surface area contributed by atoms with E-state index in [1.54, 1.807) is 14.2 Å². The fraction of sp³-hybridized carbons (Fsp3) is 0.350. The third-order valence-corrected chi connectivity index (χ3v) is 3.76. The molecule has 4 nitrogen and oxygen atoms in total. The van der Waals surface area contributed by atoms with Crippen LogP contribution >= 0.6 is 0 Å². The Labute approximate surface area is 143 Å². The Balaban J connectivity index is 1.92. The molecule has 0 saturated carbocycles. The van der Waals surface area contributed by atoms with E-state index < -0.39 is 0 Å². The molecule has 2 rings (SSSR count). The first-order valence-corrected chi connectivity index (χ1v) is 7.96. The fourth-order valence-electron chi connectivity index (χ4n) is 2.78. The first-order valence-electron chi connectivity index (χ1n) is 7.96. The number of methoxy groups -OCH3 is 2. The fourth-order valence-corrected chi connectivity index (χ4v) is 2.78. The van der Waals surface area contributed by atoms with Crippen LogP contribution in [0, 0.1) is 13.8 Å². The van der Waals surface area contributed by atoms with Gasteiger partial charge in [0.25, 0.3) is 0 Å². The summed E-state index contributed by atoms with van der Waals surface area (Å²) in [5, 5.41) is 0. The van der Waals surface area contributed by atoms with E-state index >= 15 is 0 Å². The van der Waals surface area contributed by atoms with E-state index in [9.17, 15) is 4.79 Å². The number of carbonyl (C=O) groups is 1. The summed E-state index contributed by atoms with van der Waals surface area (Å²) in [4.78, 5) is 12.0. The van der Waals surface area contributed by atoms with E-state index in [-0.39, 0.29) is 5.97 Å². The topological polar surface area (TPSA) is 44.8 Å². The molecule has 4 heteroatoms. The Morgan fingerprint density at radius 1 is 1.00 bits per heavy atom. The highest BCUT2D eigenvalue weighted by molar-refractivity contribution is 5.70. The molecule has 0 N–H and O–H groups in total. The first kappa shape index (κ1) is 17.9. The summed E-state index contributed by atoms with van der Waals surface area (Å²) in [6.45, 7) is 4.37. The lowest BCUT2D eigenvalue weighted by Gasteiger charge is -2.12. The number of ether oxygens (including phenoxy) is 3. The number of hydrogen-bond acceptors (Lipinski definition) is 4. The number of esters is 1.